The number of allylic oxidation sites excluding steroid dienone is 1. The first-order valence-corrected chi connectivity index (χ1v) is 8.63. The van der Waals surface area contributed by atoms with Crippen molar-refractivity contribution in [1.29, 1.82) is 0 Å². The number of amides is 1. The Morgan fingerprint density at radius 1 is 1.35 bits per heavy atom. The minimum atomic E-state index is -0.837. The van der Waals surface area contributed by atoms with Crippen molar-refractivity contribution in [3.05, 3.63) is 64.1 Å². The molecule has 0 saturated heterocycles. The SMILES string of the molecule is C=CCn1c(O)c(N=NC(=O)c2cc(Cl)ccc2[O-])c2cc(Br)ccc21. The second kappa shape index (κ2) is 7.31. The molecule has 1 amide bonds. The summed E-state index contributed by atoms with van der Waals surface area (Å²) < 4.78 is 2.37. The topological polar surface area (TPSA) is 90.0 Å². The van der Waals surface area contributed by atoms with E-state index in [1.165, 1.54) is 18.2 Å². The van der Waals surface area contributed by atoms with E-state index in [0.29, 0.717) is 17.4 Å². The molecule has 0 unspecified atom stereocenters. The van der Waals surface area contributed by atoms with Crippen LogP contribution in [-0.4, -0.2) is 15.6 Å². The third-order valence-corrected chi connectivity index (χ3v) is 4.42. The quantitative estimate of drug-likeness (QED) is 0.466. The Balaban J connectivity index is 2.08. The standard InChI is InChI=1S/C18H13BrClN3O3/c1-2-7-23-14-5-3-10(19)8-12(14)16(18(23)26)21-22-17(25)13-9-11(20)4-6-15(13)24/h2-6,8-9,24,26H,1,7H2/p-1. The van der Waals surface area contributed by atoms with Crippen LogP contribution in [0.25, 0.3) is 10.9 Å². The van der Waals surface area contributed by atoms with E-state index in [0.717, 1.165) is 4.47 Å². The minimum Gasteiger partial charge on any atom is -0.872 e. The zero-order valence-corrected chi connectivity index (χ0v) is 15.7. The van der Waals surface area contributed by atoms with Gasteiger partial charge < -0.3 is 14.8 Å². The lowest BCUT2D eigenvalue weighted by Gasteiger charge is -2.09. The van der Waals surface area contributed by atoms with E-state index in [4.69, 9.17) is 11.6 Å². The van der Waals surface area contributed by atoms with Gasteiger partial charge in [-0.2, -0.15) is 0 Å². The van der Waals surface area contributed by atoms with Gasteiger partial charge in [0.2, 0.25) is 5.88 Å². The van der Waals surface area contributed by atoms with Gasteiger partial charge in [0.25, 0.3) is 5.91 Å². The van der Waals surface area contributed by atoms with Crippen LogP contribution in [0.5, 0.6) is 11.6 Å². The fourth-order valence-corrected chi connectivity index (χ4v) is 3.06. The van der Waals surface area contributed by atoms with Crippen LogP contribution in [-0.2, 0) is 6.54 Å². The number of azo groups is 1. The molecular formula is C18H12BrClN3O3-. The van der Waals surface area contributed by atoms with Gasteiger partial charge in [0.15, 0.2) is 5.69 Å². The first-order chi connectivity index (χ1) is 12.4. The van der Waals surface area contributed by atoms with Crippen LogP contribution in [0.3, 0.4) is 0 Å². The van der Waals surface area contributed by atoms with Crippen LogP contribution in [0, 0.1) is 0 Å². The van der Waals surface area contributed by atoms with Crippen LogP contribution < -0.4 is 5.11 Å². The molecular weight excluding hydrogens is 422 g/mol. The van der Waals surface area contributed by atoms with Crippen LogP contribution in [0.15, 0.2) is 63.8 Å². The molecule has 1 aromatic heterocycles. The van der Waals surface area contributed by atoms with Crippen molar-refractivity contribution < 1.29 is 15.0 Å². The van der Waals surface area contributed by atoms with Crippen LogP contribution in [0.1, 0.15) is 10.4 Å². The van der Waals surface area contributed by atoms with Gasteiger partial charge in [-0.1, -0.05) is 45.4 Å². The van der Waals surface area contributed by atoms with Crippen molar-refractivity contribution in [2.24, 2.45) is 10.2 Å². The summed E-state index contributed by atoms with van der Waals surface area (Å²) in [6.45, 7) is 4.02. The van der Waals surface area contributed by atoms with Gasteiger partial charge in [0.05, 0.1) is 5.52 Å². The molecule has 3 rings (SSSR count). The first kappa shape index (κ1) is 18.2. The Morgan fingerprint density at radius 3 is 2.85 bits per heavy atom. The average Bonchev–Trinajstić information content (AvgIpc) is 2.86. The molecule has 0 radical (unpaired) electrons. The summed E-state index contributed by atoms with van der Waals surface area (Å²) in [6.07, 6.45) is 1.63. The maximum absolute atomic E-state index is 12.2. The predicted molar refractivity (Wildman–Crippen MR) is 101 cm³/mol. The molecule has 3 aromatic rings. The molecule has 26 heavy (non-hydrogen) atoms. The van der Waals surface area contributed by atoms with E-state index in [2.05, 4.69) is 32.7 Å². The number of aromatic hydroxyl groups is 1. The molecule has 1 N–H and O–H groups in total. The van der Waals surface area contributed by atoms with E-state index < -0.39 is 11.7 Å². The minimum absolute atomic E-state index is 0.131. The summed E-state index contributed by atoms with van der Waals surface area (Å²) in [5.74, 6) is -1.49. The number of hydrogen-bond donors (Lipinski definition) is 1. The normalized spacial score (nSPS) is 11.3. The molecule has 0 saturated carbocycles. The van der Waals surface area contributed by atoms with Crippen LogP contribution in [0.4, 0.5) is 5.69 Å². The Hall–Kier alpha value is -2.64. The van der Waals surface area contributed by atoms with Crippen molar-refractivity contribution in [2.45, 2.75) is 6.54 Å². The summed E-state index contributed by atoms with van der Waals surface area (Å²) in [7, 11) is 0. The second-order valence-electron chi connectivity index (χ2n) is 5.38. The maximum Gasteiger partial charge on any atom is 0.294 e. The van der Waals surface area contributed by atoms with Crippen molar-refractivity contribution >= 4 is 50.0 Å². The van der Waals surface area contributed by atoms with Crippen molar-refractivity contribution in [3.8, 4) is 11.6 Å². The number of fused-ring (bicyclic) bond motifs is 1. The summed E-state index contributed by atoms with van der Waals surface area (Å²) in [5.41, 5.74) is 0.655. The number of hydrogen-bond acceptors (Lipinski definition) is 4. The van der Waals surface area contributed by atoms with Gasteiger partial charge in [-0.25, -0.2) is 0 Å². The lowest BCUT2D eigenvalue weighted by atomic mass is 10.2. The Labute approximate surface area is 162 Å². The highest BCUT2D eigenvalue weighted by molar-refractivity contribution is 9.10. The summed E-state index contributed by atoms with van der Waals surface area (Å²) in [6, 6.07) is 9.20. The summed E-state index contributed by atoms with van der Waals surface area (Å²) in [5, 5.41) is 30.6. The number of nitrogens with zero attached hydrogens (tertiary/aromatic N) is 3. The smallest absolute Gasteiger partial charge is 0.294 e. The summed E-state index contributed by atoms with van der Waals surface area (Å²) in [4.78, 5) is 12.2. The maximum atomic E-state index is 12.2. The van der Waals surface area contributed by atoms with Gasteiger partial charge in [0, 0.05) is 27.0 Å². The molecule has 0 aliphatic rings. The van der Waals surface area contributed by atoms with Gasteiger partial charge in [-0.3, -0.25) is 4.79 Å². The first-order valence-electron chi connectivity index (χ1n) is 7.46. The Bertz CT molecular complexity index is 1060. The third kappa shape index (κ3) is 3.36. The van der Waals surface area contributed by atoms with Gasteiger partial charge in [0.1, 0.15) is 0 Å². The Kier molecular flexibility index (Phi) is 5.11. The average molecular weight is 434 g/mol. The van der Waals surface area contributed by atoms with Crippen molar-refractivity contribution in [2.75, 3.05) is 0 Å². The number of aromatic nitrogens is 1. The van der Waals surface area contributed by atoms with Crippen molar-refractivity contribution in [3.63, 3.8) is 0 Å². The zero-order chi connectivity index (χ0) is 18.8. The highest BCUT2D eigenvalue weighted by Gasteiger charge is 2.17. The number of carbonyl (C=O) groups excluding carboxylic acids is 1. The highest BCUT2D eigenvalue weighted by atomic mass is 79.9. The van der Waals surface area contributed by atoms with E-state index >= 15 is 0 Å². The molecule has 8 heteroatoms. The molecule has 0 aliphatic carbocycles. The van der Waals surface area contributed by atoms with Crippen molar-refractivity contribution in [1.82, 2.24) is 4.57 Å². The number of halogens is 2. The van der Waals surface area contributed by atoms with E-state index in [-0.39, 0.29) is 22.2 Å². The van der Waals surface area contributed by atoms with E-state index in [9.17, 15) is 15.0 Å². The number of benzene rings is 2. The second-order valence-corrected chi connectivity index (χ2v) is 6.73. The zero-order valence-electron chi connectivity index (χ0n) is 13.3. The van der Waals surface area contributed by atoms with E-state index in [1.807, 2.05) is 6.07 Å². The molecule has 132 valence electrons. The summed E-state index contributed by atoms with van der Waals surface area (Å²) >= 11 is 9.18. The highest BCUT2D eigenvalue weighted by Crippen LogP contribution is 2.40. The molecule has 2 aromatic carbocycles. The molecule has 0 fully saturated rings. The molecule has 0 spiro atoms. The van der Waals surface area contributed by atoms with Gasteiger partial charge >= 0.3 is 0 Å². The molecule has 6 nitrogen and oxygen atoms in total. The van der Waals surface area contributed by atoms with E-state index in [1.54, 1.807) is 22.8 Å². The molecule has 1 heterocycles. The number of rotatable bonds is 4. The lowest BCUT2D eigenvalue weighted by Crippen LogP contribution is -2.01. The van der Waals surface area contributed by atoms with Gasteiger partial charge in [-0.05, 0) is 30.3 Å². The van der Waals surface area contributed by atoms with Crippen LogP contribution >= 0.6 is 27.5 Å². The largest absolute Gasteiger partial charge is 0.872 e. The molecule has 0 atom stereocenters. The number of carbonyl (C=O) groups is 1. The molecule has 0 aliphatic heterocycles. The monoisotopic (exact) mass is 432 g/mol. The Morgan fingerprint density at radius 2 is 2.12 bits per heavy atom. The molecule has 0 bridgehead atoms. The van der Waals surface area contributed by atoms with Crippen LogP contribution in [0.2, 0.25) is 5.02 Å². The van der Waals surface area contributed by atoms with Gasteiger partial charge in [-0.15, -0.1) is 16.8 Å². The predicted octanol–water partition coefficient (Wildman–Crippen LogP) is 4.95. The fraction of sp³-hybridized carbons (Fsp3) is 0.0556. The fourth-order valence-electron chi connectivity index (χ4n) is 2.53. The third-order valence-electron chi connectivity index (χ3n) is 3.70. The lowest BCUT2D eigenvalue weighted by molar-refractivity contribution is -0.268.